The highest BCUT2D eigenvalue weighted by molar-refractivity contribution is 7.91. The van der Waals surface area contributed by atoms with Crippen molar-refractivity contribution in [2.45, 2.75) is 31.7 Å². The molecule has 2 aliphatic rings. The normalized spacial score (nSPS) is 16.8. The molecule has 0 aliphatic carbocycles. The second kappa shape index (κ2) is 11.4. The van der Waals surface area contributed by atoms with E-state index in [9.17, 15) is 4.55 Å². The summed E-state index contributed by atoms with van der Waals surface area (Å²) >= 11 is -1.21. The van der Waals surface area contributed by atoms with E-state index in [4.69, 9.17) is 14.7 Å². The first kappa shape index (κ1) is 25.9. The Labute approximate surface area is 233 Å². The molecule has 1 aromatic heterocycles. The summed E-state index contributed by atoms with van der Waals surface area (Å²) in [5.41, 5.74) is 4.47. The molecule has 4 aromatic rings. The zero-order valence-electron chi connectivity index (χ0n) is 22.7. The maximum Gasteiger partial charge on any atom is 0.344 e. The van der Waals surface area contributed by atoms with Gasteiger partial charge in [-0.15, -0.1) is 0 Å². The van der Waals surface area contributed by atoms with Crippen LogP contribution in [0.1, 0.15) is 23.7 Å². The van der Waals surface area contributed by atoms with Gasteiger partial charge in [-0.2, -0.15) is 9.97 Å². The van der Waals surface area contributed by atoms with Crippen LogP contribution < -0.4 is 14.5 Å². The fraction of sp³-hybridized carbons (Fsp3) is 0.355. The Kier molecular flexibility index (Phi) is 7.59. The molecule has 2 aliphatic heterocycles. The summed E-state index contributed by atoms with van der Waals surface area (Å²) in [6, 6.07) is 23.0. The van der Waals surface area contributed by atoms with Gasteiger partial charge in [-0.1, -0.05) is 54.6 Å². The Hall–Kier alpha value is -3.33. The van der Waals surface area contributed by atoms with Crippen LogP contribution >= 0.6 is 0 Å². The van der Waals surface area contributed by atoms with E-state index in [1.54, 1.807) is 0 Å². The van der Waals surface area contributed by atoms with E-state index < -0.39 is 11.2 Å². The van der Waals surface area contributed by atoms with E-state index in [-0.39, 0.29) is 0 Å². The standard InChI is InChI=1S/C31H35N5O2S/c1-3-39(37)31-32-28-21-36(14-13-27(28)30(33-31)35-17-15-34(2)16-18-35)29-20-25(19-24-11-7-8-12-26(24)29)38-22-23-9-5-4-6-10-23/h4-12,19-20H,3,13-18,21-22H2,1-2H3. The minimum Gasteiger partial charge on any atom is -0.609 e. The van der Waals surface area contributed by atoms with Gasteiger partial charge in [-0.25, -0.2) is 0 Å². The zero-order valence-corrected chi connectivity index (χ0v) is 23.5. The molecule has 7 nitrogen and oxygen atoms in total. The molecule has 0 spiro atoms. The molecule has 0 radical (unpaired) electrons. The summed E-state index contributed by atoms with van der Waals surface area (Å²) in [5.74, 6) is 2.34. The van der Waals surface area contributed by atoms with Gasteiger partial charge < -0.3 is 24.0 Å². The maximum atomic E-state index is 12.9. The molecule has 0 N–H and O–H groups in total. The lowest BCUT2D eigenvalue weighted by Crippen LogP contribution is -2.46. The number of anilines is 2. The molecule has 6 rings (SSSR count). The summed E-state index contributed by atoms with van der Waals surface area (Å²) in [6.45, 7) is 7.81. The van der Waals surface area contributed by atoms with Crippen LogP contribution in [0.4, 0.5) is 11.5 Å². The van der Waals surface area contributed by atoms with Gasteiger partial charge in [-0.05, 0) is 37.4 Å². The van der Waals surface area contributed by atoms with Crippen molar-refractivity contribution in [1.29, 1.82) is 0 Å². The van der Waals surface area contributed by atoms with Gasteiger partial charge in [0.05, 0.1) is 12.2 Å². The first-order valence-corrected chi connectivity index (χ1v) is 15.1. The second-order valence-corrected chi connectivity index (χ2v) is 11.9. The van der Waals surface area contributed by atoms with Gasteiger partial charge in [0, 0.05) is 66.6 Å². The van der Waals surface area contributed by atoms with Crippen LogP contribution in [0.3, 0.4) is 0 Å². The summed E-state index contributed by atoms with van der Waals surface area (Å²) in [6.07, 6.45) is 0.847. The third-order valence-corrected chi connectivity index (χ3v) is 8.81. The van der Waals surface area contributed by atoms with Gasteiger partial charge >= 0.3 is 5.16 Å². The summed E-state index contributed by atoms with van der Waals surface area (Å²) in [5, 5.41) is 2.80. The Morgan fingerprint density at radius 2 is 1.67 bits per heavy atom. The highest BCUT2D eigenvalue weighted by atomic mass is 32.2. The quantitative estimate of drug-likeness (QED) is 0.249. The molecule has 3 aromatic carbocycles. The number of rotatable bonds is 7. The van der Waals surface area contributed by atoms with E-state index >= 15 is 0 Å². The Morgan fingerprint density at radius 1 is 0.897 bits per heavy atom. The van der Waals surface area contributed by atoms with Crippen LogP contribution in [0.25, 0.3) is 10.8 Å². The van der Waals surface area contributed by atoms with Crippen molar-refractivity contribution in [2.24, 2.45) is 0 Å². The van der Waals surface area contributed by atoms with Crippen LogP contribution in [0.15, 0.2) is 71.9 Å². The van der Waals surface area contributed by atoms with E-state index in [0.717, 1.165) is 73.0 Å². The molecule has 1 saturated heterocycles. The fourth-order valence-electron chi connectivity index (χ4n) is 5.45. The summed E-state index contributed by atoms with van der Waals surface area (Å²) < 4.78 is 19.1. The van der Waals surface area contributed by atoms with Gasteiger partial charge in [0.15, 0.2) is 0 Å². The van der Waals surface area contributed by atoms with E-state index in [2.05, 4.69) is 70.3 Å². The maximum absolute atomic E-state index is 12.9. The molecule has 1 fully saturated rings. The molecule has 0 bridgehead atoms. The number of hydrogen-bond acceptors (Lipinski definition) is 7. The first-order valence-electron chi connectivity index (χ1n) is 13.7. The molecule has 0 saturated carbocycles. The molecule has 1 atom stereocenters. The predicted octanol–water partition coefficient (Wildman–Crippen LogP) is 4.65. The summed E-state index contributed by atoms with van der Waals surface area (Å²) in [7, 11) is 2.16. The van der Waals surface area contributed by atoms with Crippen molar-refractivity contribution in [3.05, 3.63) is 83.6 Å². The number of hydrogen-bond donors (Lipinski definition) is 0. The van der Waals surface area contributed by atoms with E-state index in [1.807, 2.05) is 25.1 Å². The van der Waals surface area contributed by atoms with Crippen LogP contribution in [-0.2, 0) is 30.7 Å². The molecular formula is C31H35N5O2S. The smallest absolute Gasteiger partial charge is 0.344 e. The second-order valence-electron chi connectivity index (χ2n) is 10.3. The number of fused-ring (bicyclic) bond motifs is 2. The predicted molar refractivity (Wildman–Crippen MR) is 158 cm³/mol. The van der Waals surface area contributed by atoms with Crippen molar-refractivity contribution < 1.29 is 9.29 Å². The molecule has 8 heteroatoms. The van der Waals surface area contributed by atoms with Gasteiger partial charge in [0.2, 0.25) is 0 Å². The van der Waals surface area contributed by atoms with E-state index in [1.165, 1.54) is 10.9 Å². The fourth-order valence-corrected chi connectivity index (χ4v) is 6.11. The van der Waals surface area contributed by atoms with Crippen molar-refractivity contribution in [3.63, 3.8) is 0 Å². The van der Waals surface area contributed by atoms with Crippen LogP contribution in [0.2, 0.25) is 0 Å². The van der Waals surface area contributed by atoms with Gasteiger partial charge in [0.1, 0.15) is 23.9 Å². The van der Waals surface area contributed by atoms with E-state index in [0.29, 0.717) is 24.1 Å². The van der Waals surface area contributed by atoms with Crippen molar-refractivity contribution in [1.82, 2.24) is 14.9 Å². The molecule has 39 heavy (non-hydrogen) atoms. The lowest BCUT2D eigenvalue weighted by atomic mass is 10.0. The minimum absolute atomic E-state index is 0.455. The average molecular weight is 542 g/mol. The number of nitrogens with zero attached hydrogens (tertiary/aromatic N) is 5. The first-order chi connectivity index (χ1) is 19.1. The third-order valence-electron chi connectivity index (χ3n) is 7.69. The van der Waals surface area contributed by atoms with Crippen LogP contribution in [-0.4, -0.2) is 64.9 Å². The molecule has 1 unspecified atom stereocenters. The minimum atomic E-state index is -1.21. The lowest BCUT2D eigenvalue weighted by Gasteiger charge is -2.37. The van der Waals surface area contributed by atoms with Crippen molar-refractivity contribution >= 4 is 33.5 Å². The number of aromatic nitrogens is 2. The van der Waals surface area contributed by atoms with Crippen molar-refractivity contribution in [3.8, 4) is 5.75 Å². The number of piperazine rings is 1. The molecule has 3 heterocycles. The molecule has 0 amide bonds. The Morgan fingerprint density at radius 3 is 2.46 bits per heavy atom. The topological polar surface area (TPSA) is 67.8 Å². The van der Waals surface area contributed by atoms with Crippen LogP contribution in [0, 0.1) is 0 Å². The van der Waals surface area contributed by atoms with Gasteiger partial charge in [-0.3, -0.25) is 0 Å². The number of ether oxygens (including phenoxy) is 1. The lowest BCUT2D eigenvalue weighted by molar-refractivity contribution is 0.306. The largest absolute Gasteiger partial charge is 0.609 e. The average Bonchev–Trinajstić information content (AvgIpc) is 2.99. The SMILES string of the molecule is CC[S+]([O-])c1nc2c(c(N3CCN(C)CC3)n1)CCN(c1cc(OCc3ccccc3)cc3ccccc13)C2. The zero-order chi connectivity index (χ0) is 26.8. The van der Waals surface area contributed by atoms with Crippen molar-refractivity contribution in [2.75, 3.05) is 55.3 Å². The number of likely N-dealkylation sites (N-methyl/N-ethyl adjacent to an activating group) is 1. The monoisotopic (exact) mass is 541 g/mol. The Balaban J connectivity index is 1.34. The van der Waals surface area contributed by atoms with Gasteiger partial charge in [0.25, 0.3) is 0 Å². The summed E-state index contributed by atoms with van der Waals surface area (Å²) in [4.78, 5) is 16.9. The highest BCUT2D eigenvalue weighted by Crippen LogP contribution is 2.36. The van der Waals surface area contributed by atoms with Crippen LogP contribution in [0.5, 0.6) is 5.75 Å². The number of benzene rings is 3. The Bertz CT molecular complexity index is 1440. The molecular weight excluding hydrogens is 506 g/mol. The highest BCUT2D eigenvalue weighted by Gasteiger charge is 2.30. The molecule has 202 valence electrons. The third kappa shape index (κ3) is 5.55.